The molecule has 0 radical (unpaired) electrons. The van der Waals surface area contributed by atoms with E-state index in [2.05, 4.69) is 30.1 Å². The lowest BCUT2D eigenvalue weighted by Crippen LogP contribution is -2.34. The highest BCUT2D eigenvalue weighted by Gasteiger charge is 2.21. The first kappa shape index (κ1) is 13.4. The summed E-state index contributed by atoms with van der Waals surface area (Å²) in [5.41, 5.74) is 2.28. The third-order valence-corrected chi connectivity index (χ3v) is 4.18. The first-order chi connectivity index (χ1) is 8.74. The average molecular weight is 247 g/mol. The van der Waals surface area contributed by atoms with E-state index >= 15 is 0 Å². The number of para-hydroxylation sites is 1. The summed E-state index contributed by atoms with van der Waals surface area (Å²) in [6.45, 7) is 2.03. The maximum atomic E-state index is 10.1. The Kier molecular flexibility index (Phi) is 4.65. The van der Waals surface area contributed by atoms with Crippen molar-refractivity contribution in [3.8, 4) is 0 Å². The van der Waals surface area contributed by atoms with Crippen LogP contribution in [0.4, 0.5) is 5.69 Å². The zero-order valence-corrected chi connectivity index (χ0v) is 11.6. The van der Waals surface area contributed by atoms with E-state index in [0.29, 0.717) is 6.04 Å². The number of hydrogen-bond acceptors (Lipinski definition) is 2. The van der Waals surface area contributed by atoms with Crippen molar-refractivity contribution in [3.63, 3.8) is 0 Å². The summed E-state index contributed by atoms with van der Waals surface area (Å²) in [6, 6.07) is 8.93. The first-order valence-corrected chi connectivity index (χ1v) is 7.24. The molecule has 0 amide bonds. The van der Waals surface area contributed by atoms with Crippen LogP contribution in [-0.4, -0.2) is 18.2 Å². The fourth-order valence-electron chi connectivity index (χ4n) is 2.98. The van der Waals surface area contributed by atoms with E-state index < -0.39 is 0 Å². The normalized spacial score (nSPS) is 18.6. The summed E-state index contributed by atoms with van der Waals surface area (Å²) in [7, 11) is 2.18. The molecule has 0 saturated heterocycles. The molecule has 0 bridgehead atoms. The van der Waals surface area contributed by atoms with Crippen LogP contribution in [0, 0.1) is 0 Å². The summed E-state index contributed by atoms with van der Waals surface area (Å²) in [4.78, 5) is 2.38. The van der Waals surface area contributed by atoms with Crippen LogP contribution < -0.4 is 4.90 Å². The van der Waals surface area contributed by atoms with E-state index in [1.807, 2.05) is 13.0 Å². The van der Waals surface area contributed by atoms with Gasteiger partial charge in [-0.3, -0.25) is 0 Å². The predicted molar refractivity (Wildman–Crippen MR) is 77.0 cm³/mol. The Morgan fingerprint density at radius 2 is 1.89 bits per heavy atom. The number of aliphatic hydroxyl groups excluding tert-OH is 1. The molecule has 100 valence electrons. The van der Waals surface area contributed by atoms with Gasteiger partial charge in [0.25, 0.3) is 0 Å². The van der Waals surface area contributed by atoms with Crippen LogP contribution in [0.5, 0.6) is 0 Å². The smallest absolute Gasteiger partial charge is 0.0807 e. The average Bonchev–Trinajstić information content (AvgIpc) is 2.46. The topological polar surface area (TPSA) is 23.5 Å². The summed E-state index contributed by atoms with van der Waals surface area (Å²) < 4.78 is 0. The number of hydrogen-bond donors (Lipinski definition) is 1. The predicted octanol–water partition coefficient (Wildman–Crippen LogP) is 3.90. The van der Waals surface area contributed by atoms with Gasteiger partial charge in [0.1, 0.15) is 0 Å². The Morgan fingerprint density at radius 1 is 1.22 bits per heavy atom. The molecule has 1 saturated carbocycles. The molecule has 18 heavy (non-hydrogen) atoms. The minimum atomic E-state index is -0.341. The Labute approximate surface area is 111 Å². The Hall–Kier alpha value is -1.02. The lowest BCUT2D eigenvalue weighted by atomic mass is 9.93. The largest absolute Gasteiger partial charge is 0.388 e. The zero-order valence-electron chi connectivity index (χ0n) is 11.6. The molecule has 1 aromatic rings. The molecule has 2 heteroatoms. The maximum absolute atomic E-state index is 10.1. The fourth-order valence-corrected chi connectivity index (χ4v) is 2.98. The van der Waals surface area contributed by atoms with Gasteiger partial charge in [0.15, 0.2) is 0 Å². The van der Waals surface area contributed by atoms with Crippen LogP contribution in [0.3, 0.4) is 0 Å². The second-order valence-corrected chi connectivity index (χ2v) is 5.39. The molecule has 1 atom stereocenters. The van der Waals surface area contributed by atoms with Crippen molar-refractivity contribution in [1.82, 2.24) is 0 Å². The van der Waals surface area contributed by atoms with Crippen molar-refractivity contribution in [2.24, 2.45) is 0 Å². The van der Waals surface area contributed by atoms with E-state index in [9.17, 15) is 5.11 Å². The minimum Gasteiger partial charge on any atom is -0.388 e. The van der Waals surface area contributed by atoms with Gasteiger partial charge < -0.3 is 10.0 Å². The van der Waals surface area contributed by atoms with Gasteiger partial charge in [0, 0.05) is 24.3 Å². The standard InChI is InChI=1S/C16H25NO/c1-3-16(18)14-11-7-8-12-15(14)17(2)13-9-5-4-6-10-13/h7-8,11-13,16,18H,3-6,9-10H2,1-2H3/t16-/m0/s1. The Balaban J connectivity index is 2.20. The van der Waals surface area contributed by atoms with Crippen LogP contribution >= 0.6 is 0 Å². The third-order valence-electron chi connectivity index (χ3n) is 4.18. The van der Waals surface area contributed by atoms with Crippen LogP contribution in [-0.2, 0) is 0 Å². The molecule has 1 aliphatic rings. The number of aliphatic hydroxyl groups is 1. The molecule has 2 nitrogen and oxygen atoms in total. The van der Waals surface area contributed by atoms with Gasteiger partial charge in [-0.2, -0.15) is 0 Å². The van der Waals surface area contributed by atoms with Crippen molar-refractivity contribution < 1.29 is 5.11 Å². The van der Waals surface area contributed by atoms with Crippen molar-refractivity contribution in [3.05, 3.63) is 29.8 Å². The second kappa shape index (κ2) is 6.24. The lowest BCUT2D eigenvalue weighted by Gasteiger charge is -2.34. The molecule has 0 unspecified atom stereocenters. The SMILES string of the molecule is CC[C@H](O)c1ccccc1N(C)C1CCCCC1. The maximum Gasteiger partial charge on any atom is 0.0807 e. The van der Waals surface area contributed by atoms with E-state index in [1.165, 1.54) is 37.8 Å². The van der Waals surface area contributed by atoms with Gasteiger partial charge in [0.05, 0.1) is 6.10 Å². The summed E-state index contributed by atoms with van der Waals surface area (Å²) in [6.07, 6.45) is 7.06. The van der Waals surface area contributed by atoms with Crippen LogP contribution in [0.25, 0.3) is 0 Å². The molecule has 1 aliphatic carbocycles. The molecular weight excluding hydrogens is 222 g/mol. The van der Waals surface area contributed by atoms with Crippen LogP contribution in [0.15, 0.2) is 24.3 Å². The Morgan fingerprint density at radius 3 is 2.56 bits per heavy atom. The number of anilines is 1. The van der Waals surface area contributed by atoms with E-state index in [1.54, 1.807) is 0 Å². The van der Waals surface area contributed by atoms with Gasteiger partial charge >= 0.3 is 0 Å². The molecule has 0 aliphatic heterocycles. The fraction of sp³-hybridized carbons (Fsp3) is 0.625. The molecular formula is C16H25NO. The molecule has 2 rings (SSSR count). The number of rotatable bonds is 4. The quantitative estimate of drug-likeness (QED) is 0.872. The lowest BCUT2D eigenvalue weighted by molar-refractivity contribution is 0.174. The third kappa shape index (κ3) is 2.86. The molecule has 1 fully saturated rings. The summed E-state index contributed by atoms with van der Waals surface area (Å²) in [5, 5.41) is 10.1. The molecule has 1 aromatic carbocycles. The first-order valence-electron chi connectivity index (χ1n) is 7.24. The monoisotopic (exact) mass is 247 g/mol. The van der Waals surface area contributed by atoms with Gasteiger partial charge in [-0.05, 0) is 25.3 Å². The second-order valence-electron chi connectivity index (χ2n) is 5.39. The summed E-state index contributed by atoms with van der Waals surface area (Å²) >= 11 is 0. The molecule has 0 heterocycles. The van der Waals surface area contributed by atoms with Crippen LogP contribution in [0.1, 0.15) is 57.1 Å². The van der Waals surface area contributed by atoms with Gasteiger partial charge in [-0.15, -0.1) is 0 Å². The van der Waals surface area contributed by atoms with Gasteiger partial charge in [-0.1, -0.05) is 44.4 Å². The van der Waals surface area contributed by atoms with Crippen molar-refractivity contribution in [2.45, 2.75) is 57.6 Å². The number of nitrogens with zero attached hydrogens (tertiary/aromatic N) is 1. The highest BCUT2D eigenvalue weighted by atomic mass is 16.3. The van der Waals surface area contributed by atoms with Crippen molar-refractivity contribution >= 4 is 5.69 Å². The van der Waals surface area contributed by atoms with Crippen LogP contribution in [0.2, 0.25) is 0 Å². The molecule has 0 spiro atoms. The highest BCUT2D eigenvalue weighted by Crippen LogP contribution is 2.32. The van der Waals surface area contributed by atoms with Crippen molar-refractivity contribution in [1.29, 1.82) is 0 Å². The van der Waals surface area contributed by atoms with E-state index in [4.69, 9.17) is 0 Å². The van der Waals surface area contributed by atoms with E-state index in [-0.39, 0.29) is 6.10 Å². The number of benzene rings is 1. The Bertz CT molecular complexity index is 371. The van der Waals surface area contributed by atoms with E-state index in [0.717, 1.165) is 12.0 Å². The van der Waals surface area contributed by atoms with Gasteiger partial charge in [-0.25, -0.2) is 0 Å². The van der Waals surface area contributed by atoms with Crippen molar-refractivity contribution in [2.75, 3.05) is 11.9 Å². The highest BCUT2D eigenvalue weighted by molar-refractivity contribution is 5.54. The zero-order chi connectivity index (χ0) is 13.0. The van der Waals surface area contributed by atoms with Gasteiger partial charge in [0.2, 0.25) is 0 Å². The minimum absolute atomic E-state index is 0.341. The molecule has 0 aromatic heterocycles. The summed E-state index contributed by atoms with van der Waals surface area (Å²) in [5.74, 6) is 0. The molecule has 1 N–H and O–H groups in total.